The first-order valence-corrected chi connectivity index (χ1v) is 8.91. The molecule has 2 rings (SSSR count). The Balaban J connectivity index is 1.93. The van der Waals surface area contributed by atoms with Crippen molar-refractivity contribution in [1.82, 2.24) is 15.0 Å². The first-order valence-electron chi connectivity index (χ1n) is 7.02. The topological polar surface area (TPSA) is 88.2 Å². The largest absolute Gasteiger partial charge is 0.347 e. The first-order chi connectivity index (χ1) is 9.85. The van der Waals surface area contributed by atoms with Gasteiger partial charge in [-0.1, -0.05) is 0 Å². The molecule has 1 saturated carbocycles. The molecule has 21 heavy (non-hydrogen) atoms. The quantitative estimate of drug-likeness (QED) is 0.783. The lowest BCUT2D eigenvalue weighted by Crippen LogP contribution is -2.33. The van der Waals surface area contributed by atoms with Crippen LogP contribution in [0.15, 0.2) is 18.3 Å². The highest BCUT2D eigenvalue weighted by atomic mass is 32.2. The lowest BCUT2D eigenvalue weighted by Gasteiger charge is -2.18. The van der Waals surface area contributed by atoms with Gasteiger partial charge in [-0.05, 0) is 43.4 Å². The zero-order chi connectivity index (χ0) is 15.5. The second kappa shape index (κ2) is 6.53. The molecular weight excluding hydrogens is 290 g/mol. The predicted molar refractivity (Wildman–Crippen MR) is 80.0 cm³/mol. The molecule has 1 heterocycles. The number of nitrogens with zero attached hydrogens (tertiary/aromatic N) is 1. The molecule has 6 nitrogen and oxygen atoms in total. The third-order valence-corrected chi connectivity index (χ3v) is 4.11. The molecule has 7 heteroatoms. The maximum Gasteiger partial charge on any atom is 0.221 e. The Morgan fingerprint density at radius 1 is 1.48 bits per heavy atom. The highest BCUT2D eigenvalue weighted by Gasteiger charge is 2.34. The molecule has 1 aromatic rings. The van der Waals surface area contributed by atoms with E-state index in [0.29, 0.717) is 5.92 Å². The summed E-state index contributed by atoms with van der Waals surface area (Å²) in [6.07, 6.45) is 5.12. The summed E-state index contributed by atoms with van der Waals surface area (Å²) in [4.78, 5) is 16.3. The van der Waals surface area contributed by atoms with Crippen molar-refractivity contribution in [3.8, 4) is 0 Å². The van der Waals surface area contributed by atoms with E-state index < -0.39 is 10.0 Å². The number of sulfonamides is 1. The normalized spacial score (nSPS) is 16.5. The number of carbonyl (C=O) groups excluding carboxylic acids is 1. The lowest BCUT2D eigenvalue weighted by atomic mass is 10.1. The molecule has 1 aliphatic rings. The number of hydrogen-bond donors (Lipinski definition) is 2. The molecule has 0 saturated heterocycles. The summed E-state index contributed by atoms with van der Waals surface area (Å²) in [6, 6.07) is 3.83. The maximum absolute atomic E-state index is 12.0. The van der Waals surface area contributed by atoms with Crippen LogP contribution in [0.2, 0.25) is 0 Å². The van der Waals surface area contributed by atoms with Gasteiger partial charge in [-0.25, -0.2) is 13.1 Å². The minimum atomic E-state index is -3.25. The van der Waals surface area contributed by atoms with Crippen molar-refractivity contribution in [2.75, 3.05) is 12.8 Å². The molecule has 1 atom stereocenters. The van der Waals surface area contributed by atoms with Gasteiger partial charge in [-0.2, -0.15) is 0 Å². The average Bonchev–Trinajstić information content (AvgIpc) is 3.18. The van der Waals surface area contributed by atoms with Gasteiger partial charge in [0.1, 0.15) is 0 Å². The van der Waals surface area contributed by atoms with Gasteiger partial charge in [0.25, 0.3) is 0 Å². The fourth-order valence-electron chi connectivity index (χ4n) is 2.19. The molecule has 0 bridgehead atoms. The molecule has 2 N–H and O–H groups in total. The average molecular weight is 311 g/mol. The smallest absolute Gasteiger partial charge is 0.221 e. The molecule has 1 fully saturated rings. The van der Waals surface area contributed by atoms with Crippen LogP contribution in [0.1, 0.15) is 36.6 Å². The number of amides is 1. The third kappa shape index (κ3) is 5.43. The lowest BCUT2D eigenvalue weighted by molar-refractivity contribution is -0.121. The van der Waals surface area contributed by atoms with Crippen molar-refractivity contribution in [1.29, 1.82) is 0 Å². The number of carbonyl (C=O) groups is 1. The van der Waals surface area contributed by atoms with E-state index in [9.17, 15) is 13.2 Å². The Hall–Kier alpha value is -1.47. The Labute approximate surface area is 125 Å². The van der Waals surface area contributed by atoms with Gasteiger partial charge in [0.05, 0.1) is 18.0 Å². The van der Waals surface area contributed by atoms with Gasteiger partial charge in [-0.3, -0.25) is 9.78 Å². The minimum absolute atomic E-state index is 0.0735. The zero-order valence-corrected chi connectivity index (χ0v) is 13.1. The van der Waals surface area contributed by atoms with Crippen LogP contribution >= 0.6 is 0 Å². The van der Waals surface area contributed by atoms with Crippen LogP contribution < -0.4 is 10.0 Å². The van der Waals surface area contributed by atoms with E-state index in [1.807, 2.05) is 19.1 Å². The Morgan fingerprint density at radius 3 is 2.76 bits per heavy atom. The Kier molecular flexibility index (Phi) is 4.95. The van der Waals surface area contributed by atoms with Crippen LogP contribution in [0.5, 0.6) is 0 Å². The fraction of sp³-hybridized carbons (Fsp3) is 0.571. The van der Waals surface area contributed by atoms with E-state index >= 15 is 0 Å². The molecule has 1 amide bonds. The standard InChI is InChI=1S/C14H21N3O3S/c1-10-5-7-15-12(9-10)14(11-3-4-11)17-13(18)6-8-16-21(2,19)20/h5,7,9,11,14,16H,3-4,6,8H2,1-2H3,(H,17,18)/t14-/m1/s1. The predicted octanol–water partition coefficient (Wildman–Crippen LogP) is 0.897. The summed E-state index contributed by atoms with van der Waals surface area (Å²) in [6.45, 7) is 2.11. The second-order valence-corrected chi connectivity index (χ2v) is 7.39. The van der Waals surface area contributed by atoms with Crippen LogP contribution in [-0.2, 0) is 14.8 Å². The number of aromatic nitrogens is 1. The van der Waals surface area contributed by atoms with E-state index in [0.717, 1.165) is 30.4 Å². The summed E-state index contributed by atoms with van der Waals surface area (Å²) >= 11 is 0. The maximum atomic E-state index is 12.0. The van der Waals surface area contributed by atoms with Gasteiger partial charge >= 0.3 is 0 Å². The monoisotopic (exact) mass is 311 g/mol. The van der Waals surface area contributed by atoms with Crippen molar-refractivity contribution in [3.63, 3.8) is 0 Å². The minimum Gasteiger partial charge on any atom is -0.347 e. The van der Waals surface area contributed by atoms with E-state index in [-0.39, 0.29) is 24.9 Å². The zero-order valence-electron chi connectivity index (χ0n) is 12.3. The highest BCUT2D eigenvalue weighted by molar-refractivity contribution is 7.88. The van der Waals surface area contributed by atoms with Gasteiger partial charge in [0.15, 0.2) is 0 Å². The van der Waals surface area contributed by atoms with Crippen molar-refractivity contribution in [2.24, 2.45) is 5.92 Å². The number of aryl methyl sites for hydroxylation is 1. The molecule has 0 aromatic carbocycles. The highest BCUT2D eigenvalue weighted by Crippen LogP contribution is 2.40. The van der Waals surface area contributed by atoms with Crippen LogP contribution in [0, 0.1) is 12.8 Å². The molecule has 0 radical (unpaired) electrons. The van der Waals surface area contributed by atoms with Gasteiger partial charge < -0.3 is 5.32 Å². The van der Waals surface area contributed by atoms with Gasteiger partial charge in [0.2, 0.25) is 15.9 Å². The van der Waals surface area contributed by atoms with Crippen molar-refractivity contribution in [3.05, 3.63) is 29.6 Å². The first kappa shape index (κ1) is 15.9. The van der Waals surface area contributed by atoms with Gasteiger partial charge in [-0.15, -0.1) is 0 Å². The van der Waals surface area contributed by atoms with E-state index in [1.165, 1.54) is 0 Å². The molecular formula is C14H21N3O3S. The van der Waals surface area contributed by atoms with Crippen LogP contribution in [0.4, 0.5) is 0 Å². The van der Waals surface area contributed by atoms with E-state index in [2.05, 4.69) is 15.0 Å². The van der Waals surface area contributed by atoms with Crippen molar-refractivity contribution >= 4 is 15.9 Å². The Bertz CT molecular complexity index is 612. The van der Waals surface area contributed by atoms with Gasteiger partial charge in [0, 0.05) is 19.2 Å². The molecule has 1 aliphatic carbocycles. The summed E-state index contributed by atoms with van der Waals surface area (Å²) in [5.41, 5.74) is 1.99. The third-order valence-electron chi connectivity index (χ3n) is 3.38. The number of nitrogens with one attached hydrogen (secondary N) is 2. The summed E-state index contributed by atoms with van der Waals surface area (Å²) in [5.74, 6) is 0.275. The summed E-state index contributed by atoms with van der Waals surface area (Å²) in [7, 11) is -3.25. The van der Waals surface area contributed by atoms with Crippen LogP contribution in [0.25, 0.3) is 0 Å². The van der Waals surface area contributed by atoms with Crippen molar-refractivity contribution < 1.29 is 13.2 Å². The second-order valence-electron chi connectivity index (χ2n) is 5.56. The van der Waals surface area contributed by atoms with Crippen LogP contribution in [0.3, 0.4) is 0 Å². The molecule has 0 spiro atoms. The number of hydrogen-bond acceptors (Lipinski definition) is 4. The number of pyridine rings is 1. The fourth-order valence-corrected chi connectivity index (χ4v) is 2.66. The SMILES string of the molecule is Cc1ccnc([C@H](NC(=O)CCNS(C)(=O)=O)C2CC2)c1. The molecule has 1 aromatic heterocycles. The molecule has 116 valence electrons. The van der Waals surface area contributed by atoms with Crippen LogP contribution in [-0.4, -0.2) is 32.1 Å². The molecule has 0 unspecified atom stereocenters. The summed E-state index contributed by atoms with van der Waals surface area (Å²) in [5, 5.41) is 2.97. The Morgan fingerprint density at radius 2 is 2.19 bits per heavy atom. The summed E-state index contributed by atoms with van der Waals surface area (Å²) < 4.78 is 24.2. The van der Waals surface area contributed by atoms with E-state index in [4.69, 9.17) is 0 Å². The van der Waals surface area contributed by atoms with Crippen molar-refractivity contribution in [2.45, 2.75) is 32.2 Å². The molecule has 0 aliphatic heterocycles. The van der Waals surface area contributed by atoms with E-state index in [1.54, 1.807) is 6.20 Å². The number of rotatable bonds is 7.